The van der Waals surface area contributed by atoms with E-state index in [4.69, 9.17) is 32.7 Å². The van der Waals surface area contributed by atoms with Crippen molar-refractivity contribution >= 4 is 35.0 Å². The quantitative estimate of drug-likeness (QED) is 0.759. The van der Waals surface area contributed by atoms with Gasteiger partial charge in [-0.1, -0.05) is 23.2 Å². The van der Waals surface area contributed by atoms with Gasteiger partial charge in [0.25, 0.3) is 11.8 Å². The highest BCUT2D eigenvalue weighted by atomic mass is 35.5. The minimum atomic E-state index is -0.155. The summed E-state index contributed by atoms with van der Waals surface area (Å²) < 4.78 is 10.6. The van der Waals surface area contributed by atoms with E-state index in [0.717, 1.165) is 13.1 Å². The van der Waals surface area contributed by atoms with E-state index in [1.54, 1.807) is 41.3 Å². The molecule has 0 spiro atoms. The summed E-state index contributed by atoms with van der Waals surface area (Å²) in [5.74, 6) is 0.970. The standard InChI is InChI=1S/C21H21Cl2N3O4/c22-15-2-3-17(23)16(12-15)21(28)26-9-7-25(8-10-26)6-5-24-20(27)14-1-4-18-19(11-14)30-13-29-18/h1-4,11-12H,5-10,13H2,(H,24,27). The first-order valence-electron chi connectivity index (χ1n) is 9.66. The second-order valence-corrected chi connectivity index (χ2v) is 7.93. The highest BCUT2D eigenvalue weighted by molar-refractivity contribution is 6.35. The molecule has 1 fully saturated rings. The summed E-state index contributed by atoms with van der Waals surface area (Å²) in [6.07, 6.45) is 0. The van der Waals surface area contributed by atoms with Crippen molar-refractivity contribution in [2.45, 2.75) is 0 Å². The van der Waals surface area contributed by atoms with E-state index in [9.17, 15) is 9.59 Å². The van der Waals surface area contributed by atoms with Crippen LogP contribution in [0.3, 0.4) is 0 Å². The summed E-state index contributed by atoms with van der Waals surface area (Å²) in [6.45, 7) is 4.04. The number of piperazine rings is 1. The average Bonchev–Trinajstić information content (AvgIpc) is 3.23. The number of halogens is 2. The van der Waals surface area contributed by atoms with Crippen LogP contribution in [0.15, 0.2) is 36.4 Å². The summed E-state index contributed by atoms with van der Waals surface area (Å²) in [7, 11) is 0. The van der Waals surface area contributed by atoms with Crippen molar-refractivity contribution in [1.29, 1.82) is 0 Å². The second-order valence-electron chi connectivity index (χ2n) is 7.08. The average molecular weight is 450 g/mol. The van der Waals surface area contributed by atoms with Crippen LogP contribution in [0.25, 0.3) is 0 Å². The molecule has 0 radical (unpaired) electrons. The van der Waals surface area contributed by atoms with Gasteiger partial charge in [0.2, 0.25) is 6.79 Å². The van der Waals surface area contributed by atoms with Crippen molar-refractivity contribution in [3.8, 4) is 11.5 Å². The molecule has 4 rings (SSSR count). The van der Waals surface area contributed by atoms with Gasteiger partial charge in [-0.05, 0) is 36.4 Å². The molecular formula is C21H21Cl2N3O4. The number of hydrogen-bond acceptors (Lipinski definition) is 5. The third-order valence-electron chi connectivity index (χ3n) is 5.17. The van der Waals surface area contributed by atoms with E-state index in [2.05, 4.69) is 10.2 Å². The number of benzene rings is 2. The van der Waals surface area contributed by atoms with Crippen LogP contribution in [-0.2, 0) is 0 Å². The monoisotopic (exact) mass is 449 g/mol. The van der Waals surface area contributed by atoms with Gasteiger partial charge in [-0.25, -0.2) is 0 Å². The van der Waals surface area contributed by atoms with Crippen molar-refractivity contribution in [2.75, 3.05) is 46.1 Å². The first-order valence-corrected chi connectivity index (χ1v) is 10.4. The van der Waals surface area contributed by atoms with Gasteiger partial charge in [0, 0.05) is 49.9 Å². The molecule has 2 amide bonds. The predicted molar refractivity (Wildman–Crippen MR) is 114 cm³/mol. The van der Waals surface area contributed by atoms with Gasteiger partial charge in [0.05, 0.1) is 10.6 Å². The van der Waals surface area contributed by atoms with Gasteiger partial charge in [-0.3, -0.25) is 14.5 Å². The summed E-state index contributed by atoms with van der Waals surface area (Å²) in [5, 5.41) is 3.81. The molecule has 2 aliphatic rings. The third kappa shape index (κ3) is 4.64. The molecule has 0 aliphatic carbocycles. The third-order valence-corrected chi connectivity index (χ3v) is 5.73. The molecule has 1 N–H and O–H groups in total. The fourth-order valence-corrected chi connectivity index (χ4v) is 3.84. The fourth-order valence-electron chi connectivity index (χ4n) is 3.47. The van der Waals surface area contributed by atoms with Gasteiger partial charge >= 0.3 is 0 Å². The lowest BCUT2D eigenvalue weighted by Gasteiger charge is -2.35. The fraction of sp³-hybridized carbons (Fsp3) is 0.333. The molecule has 1 saturated heterocycles. The van der Waals surface area contributed by atoms with Gasteiger partial charge < -0.3 is 19.7 Å². The van der Waals surface area contributed by atoms with Crippen LogP contribution < -0.4 is 14.8 Å². The number of amides is 2. The Morgan fingerprint density at radius 3 is 2.53 bits per heavy atom. The lowest BCUT2D eigenvalue weighted by molar-refractivity contribution is 0.0638. The van der Waals surface area contributed by atoms with Gasteiger partial charge in [-0.15, -0.1) is 0 Å². The van der Waals surface area contributed by atoms with E-state index in [0.29, 0.717) is 58.9 Å². The van der Waals surface area contributed by atoms with Crippen LogP contribution >= 0.6 is 23.2 Å². The summed E-state index contributed by atoms with van der Waals surface area (Å²) in [6, 6.07) is 10.0. The van der Waals surface area contributed by atoms with Crippen molar-refractivity contribution in [3.63, 3.8) is 0 Å². The maximum absolute atomic E-state index is 12.7. The van der Waals surface area contributed by atoms with E-state index >= 15 is 0 Å². The van der Waals surface area contributed by atoms with Gasteiger partial charge in [0.15, 0.2) is 11.5 Å². The minimum Gasteiger partial charge on any atom is -0.454 e. The highest BCUT2D eigenvalue weighted by Gasteiger charge is 2.24. The Kier molecular flexibility index (Phi) is 6.32. The Morgan fingerprint density at radius 2 is 1.73 bits per heavy atom. The van der Waals surface area contributed by atoms with Gasteiger partial charge in [-0.2, -0.15) is 0 Å². The van der Waals surface area contributed by atoms with Crippen LogP contribution in [0.5, 0.6) is 11.5 Å². The molecule has 7 nitrogen and oxygen atoms in total. The van der Waals surface area contributed by atoms with Crippen molar-refractivity contribution < 1.29 is 19.1 Å². The first-order chi connectivity index (χ1) is 14.5. The maximum Gasteiger partial charge on any atom is 0.255 e. The number of carbonyl (C=O) groups is 2. The molecule has 2 aromatic carbocycles. The van der Waals surface area contributed by atoms with E-state index < -0.39 is 0 Å². The molecular weight excluding hydrogens is 429 g/mol. The molecule has 0 bridgehead atoms. The van der Waals surface area contributed by atoms with E-state index in [-0.39, 0.29) is 18.6 Å². The zero-order valence-electron chi connectivity index (χ0n) is 16.2. The molecule has 2 heterocycles. The zero-order chi connectivity index (χ0) is 21.1. The molecule has 0 aromatic heterocycles. The number of fused-ring (bicyclic) bond motifs is 1. The van der Waals surface area contributed by atoms with Crippen LogP contribution in [0.1, 0.15) is 20.7 Å². The summed E-state index contributed by atoms with van der Waals surface area (Å²) in [4.78, 5) is 29.0. The largest absolute Gasteiger partial charge is 0.454 e. The van der Waals surface area contributed by atoms with Crippen molar-refractivity contribution in [1.82, 2.24) is 15.1 Å². The summed E-state index contributed by atoms with van der Waals surface area (Å²) in [5.41, 5.74) is 0.960. The van der Waals surface area contributed by atoms with Gasteiger partial charge in [0.1, 0.15) is 0 Å². The van der Waals surface area contributed by atoms with Crippen molar-refractivity contribution in [2.24, 2.45) is 0 Å². The van der Waals surface area contributed by atoms with Crippen LogP contribution in [0, 0.1) is 0 Å². The van der Waals surface area contributed by atoms with Crippen LogP contribution in [-0.4, -0.2) is 67.7 Å². The SMILES string of the molecule is O=C(NCCN1CCN(C(=O)c2cc(Cl)ccc2Cl)CC1)c1ccc2c(c1)OCO2. The molecule has 9 heteroatoms. The lowest BCUT2D eigenvalue weighted by atomic mass is 10.1. The number of rotatable bonds is 5. The van der Waals surface area contributed by atoms with Crippen LogP contribution in [0.2, 0.25) is 10.0 Å². The maximum atomic E-state index is 12.7. The normalized spacial score (nSPS) is 15.9. The van der Waals surface area contributed by atoms with E-state index in [1.165, 1.54) is 0 Å². The Morgan fingerprint density at radius 1 is 0.967 bits per heavy atom. The van der Waals surface area contributed by atoms with Crippen LogP contribution in [0.4, 0.5) is 0 Å². The molecule has 30 heavy (non-hydrogen) atoms. The number of nitrogens with one attached hydrogen (secondary N) is 1. The molecule has 2 aromatic rings. The Hall–Kier alpha value is -2.48. The second kappa shape index (κ2) is 9.12. The molecule has 0 saturated carbocycles. The minimum absolute atomic E-state index is 0.113. The zero-order valence-corrected chi connectivity index (χ0v) is 17.7. The smallest absolute Gasteiger partial charge is 0.255 e. The predicted octanol–water partition coefficient (Wildman–Crippen LogP) is 2.91. The number of nitrogens with zero attached hydrogens (tertiary/aromatic N) is 2. The van der Waals surface area contributed by atoms with E-state index in [1.807, 2.05) is 0 Å². The lowest BCUT2D eigenvalue weighted by Crippen LogP contribution is -2.50. The molecule has 158 valence electrons. The first kappa shape index (κ1) is 20.8. The topological polar surface area (TPSA) is 71.1 Å². The Balaban J connectivity index is 1.23. The Labute approximate surface area is 184 Å². The highest BCUT2D eigenvalue weighted by Crippen LogP contribution is 2.32. The molecule has 2 aliphatic heterocycles. The number of ether oxygens (including phenoxy) is 2. The van der Waals surface area contributed by atoms with Crippen molar-refractivity contribution in [3.05, 3.63) is 57.6 Å². The Bertz CT molecular complexity index is 961. The molecule has 0 unspecified atom stereocenters. The molecule has 0 atom stereocenters. The number of carbonyl (C=O) groups excluding carboxylic acids is 2. The number of hydrogen-bond donors (Lipinski definition) is 1. The summed E-state index contributed by atoms with van der Waals surface area (Å²) >= 11 is 12.1.